The van der Waals surface area contributed by atoms with Crippen LogP contribution in [0.2, 0.25) is 0 Å². The Bertz CT molecular complexity index is 306. The van der Waals surface area contributed by atoms with Gasteiger partial charge in [-0.05, 0) is 44.5 Å². The van der Waals surface area contributed by atoms with Gasteiger partial charge in [-0.1, -0.05) is 12.1 Å². The molecule has 0 N–H and O–H groups in total. The molecule has 0 aliphatic rings. The molecule has 0 spiro atoms. The Labute approximate surface area is 84.2 Å². The van der Waals surface area contributed by atoms with Gasteiger partial charge in [0.05, 0.1) is 6.33 Å². The monoisotopic (exact) mass is 194 g/mol. The van der Waals surface area contributed by atoms with Gasteiger partial charge in [-0.3, -0.25) is 0 Å². The van der Waals surface area contributed by atoms with Crippen molar-refractivity contribution in [3.63, 3.8) is 0 Å². The lowest BCUT2D eigenvalue weighted by molar-refractivity contribution is 0.131. The lowest BCUT2D eigenvalue weighted by Crippen LogP contribution is -2.22. The summed E-state index contributed by atoms with van der Waals surface area (Å²) < 4.78 is 17.5. The standard InChI is InChI=1S/C12H15FO/c1-12(2,3)14-11-6-4-10(5-7-11)8-9-13/h4-9H,1-3H3. The predicted molar refractivity (Wildman–Crippen MR) is 57.0 cm³/mol. The molecule has 0 aromatic heterocycles. The number of hydrogen-bond donors (Lipinski definition) is 0. The van der Waals surface area contributed by atoms with Crippen LogP contribution in [-0.2, 0) is 0 Å². The van der Waals surface area contributed by atoms with Crippen LogP contribution in [0.1, 0.15) is 26.3 Å². The van der Waals surface area contributed by atoms with Gasteiger partial charge in [0.2, 0.25) is 0 Å². The van der Waals surface area contributed by atoms with Gasteiger partial charge in [0, 0.05) is 0 Å². The molecule has 0 atom stereocenters. The zero-order valence-corrected chi connectivity index (χ0v) is 8.75. The van der Waals surface area contributed by atoms with Gasteiger partial charge in [-0.15, -0.1) is 0 Å². The summed E-state index contributed by atoms with van der Waals surface area (Å²) in [5.41, 5.74) is 0.631. The number of rotatable bonds is 2. The van der Waals surface area contributed by atoms with Crippen molar-refractivity contribution in [3.05, 3.63) is 36.2 Å². The second-order valence-corrected chi connectivity index (χ2v) is 4.08. The Morgan fingerprint density at radius 2 is 1.71 bits per heavy atom. The van der Waals surface area contributed by atoms with E-state index < -0.39 is 0 Å². The van der Waals surface area contributed by atoms with E-state index in [1.807, 2.05) is 45.0 Å². The van der Waals surface area contributed by atoms with Gasteiger partial charge >= 0.3 is 0 Å². The summed E-state index contributed by atoms with van der Waals surface area (Å²) in [5.74, 6) is 0.800. The number of ether oxygens (including phenoxy) is 1. The molecule has 0 aliphatic heterocycles. The highest BCUT2D eigenvalue weighted by molar-refractivity contribution is 5.49. The maximum atomic E-state index is 11.8. The van der Waals surface area contributed by atoms with Gasteiger partial charge in [0.1, 0.15) is 11.4 Å². The molecule has 76 valence electrons. The van der Waals surface area contributed by atoms with Crippen molar-refractivity contribution >= 4 is 6.08 Å². The number of hydrogen-bond acceptors (Lipinski definition) is 1. The lowest BCUT2D eigenvalue weighted by atomic mass is 10.1. The largest absolute Gasteiger partial charge is 0.488 e. The molecule has 0 radical (unpaired) electrons. The Kier molecular flexibility index (Phi) is 3.28. The van der Waals surface area contributed by atoms with Crippen LogP contribution >= 0.6 is 0 Å². The second-order valence-electron chi connectivity index (χ2n) is 4.08. The molecule has 2 heteroatoms. The van der Waals surface area contributed by atoms with Crippen LogP contribution in [0.25, 0.3) is 6.08 Å². The van der Waals surface area contributed by atoms with Crippen molar-refractivity contribution in [2.75, 3.05) is 0 Å². The van der Waals surface area contributed by atoms with E-state index in [1.165, 1.54) is 6.08 Å². The molecule has 1 rings (SSSR count). The van der Waals surface area contributed by atoms with Crippen molar-refractivity contribution < 1.29 is 9.13 Å². The van der Waals surface area contributed by atoms with Gasteiger partial charge in [-0.2, -0.15) is 0 Å². The summed E-state index contributed by atoms with van der Waals surface area (Å²) in [6, 6.07) is 7.30. The summed E-state index contributed by atoms with van der Waals surface area (Å²) >= 11 is 0. The Morgan fingerprint density at radius 1 is 1.14 bits per heavy atom. The quantitative estimate of drug-likeness (QED) is 0.695. The van der Waals surface area contributed by atoms with Gasteiger partial charge in [-0.25, -0.2) is 4.39 Å². The smallest absolute Gasteiger partial charge is 0.120 e. The molecule has 1 aromatic rings. The minimum atomic E-state index is -0.197. The fourth-order valence-corrected chi connectivity index (χ4v) is 1.07. The van der Waals surface area contributed by atoms with Crippen LogP contribution in [0.3, 0.4) is 0 Å². The van der Waals surface area contributed by atoms with Gasteiger partial charge in [0.15, 0.2) is 0 Å². The van der Waals surface area contributed by atoms with Gasteiger partial charge in [0.25, 0.3) is 0 Å². The Balaban J connectivity index is 2.74. The van der Waals surface area contributed by atoms with Crippen molar-refractivity contribution in [1.29, 1.82) is 0 Å². The minimum Gasteiger partial charge on any atom is -0.488 e. The summed E-state index contributed by atoms with van der Waals surface area (Å²) in [4.78, 5) is 0. The van der Waals surface area contributed by atoms with Crippen LogP contribution in [0.5, 0.6) is 5.75 Å². The van der Waals surface area contributed by atoms with Crippen LogP contribution in [0, 0.1) is 0 Å². The molecule has 0 fully saturated rings. The van der Waals surface area contributed by atoms with Crippen molar-refractivity contribution in [2.45, 2.75) is 26.4 Å². The highest BCUT2D eigenvalue weighted by Crippen LogP contribution is 2.18. The zero-order valence-electron chi connectivity index (χ0n) is 8.75. The SMILES string of the molecule is CC(C)(C)Oc1ccc(C=CF)cc1. The first-order chi connectivity index (χ1) is 6.51. The summed E-state index contributed by atoms with van der Waals surface area (Å²) in [6.07, 6.45) is 1.93. The maximum Gasteiger partial charge on any atom is 0.120 e. The molecule has 1 aromatic carbocycles. The van der Waals surface area contributed by atoms with Gasteiger partial charge < -0.3 is 4.74 Å². The molecule has 0 saturated carbocycles. The third kappa shape index (κ3) is 3.60. The van der Waals surface area contributed by atoms with E-state index in [2.05, 4.69) is 0 Å². The lowest BCUT2D eigenvalue weighted by Gasteiger charge is -2.21. The summed E-state index contributed by atoms with van der Waals surface area (Å²) in [7, 11) is 0. The molecule has 0 unspecified atom stereocenters. The fourth-order valence-electron chi connectivity index (χ4n) is 1.07. The van der Waals surface area contributed by atoms with Crippen LogP contribution < -0.4 is 4.74 Å². The molecular formula is C12H15FO. The minimum absolute atomic E-state index is 0.197. The van der Waals surface area contributed by atoms with Crippen LogP contribution in [-0.4, -0.2) is 5.60 Å². The van der Waals surface area contributed by atoms with E-state index >= 15 is 0 Å². The molecule has 1 nitrogen and oxygen atoms in total. The highest BCUT2D eigenvalue weighted by atomic mass is 19.1. The predicted octanol–water partition coefficient (Wildman–Crippen LogP) is 3.80. The third-order valence-corrected chi connectivity index (χ3v) is 1.56. The third-order valence-electron chi connectivity index (χ3n) is 1.56. The summed E-state index contributed by atoms with van der Waals surface area (Å²) in [5, 5.41) is 0. The molecule has 0 saturated heterocycles. The molecule has 0 aliphatic carbocycles. The van der Waals surface area contributed by atoms with E-state index in [9.17, 15) is 4.39 Å². The van der Waals surface area contributed by atoms with Crippen molar-refractivity contribution in [1.82, 2.24) is 0 Å². The number of benzene rings is 1. The first-order valence-corrected chi connectivity index (χ1v) is 4.57. The van der Waals surface area contributed by atoms with Crippen molar-refractivity contribution in [2.24, 2.45) is 0 Å². The first-order valence-electron chi connectivity index (χ1n) is 4.57. The van der Waals surface area contributed by atoms with E-state index in [0.29, 0.717) is 6.33 Å². The molecular weight excluding hydrogens is 179 g/mol. The zero-order chi connectivity index (χ0) is 10.6. The maximum absolute atomic E-state index is 11.8. The van der Waals surface area contributed by atoms with Crippen molar-refractivity contribution in [3.8, 4) is 5.75 Å². The van der Waals surface area contributed by atoms with E-state index in [4.69, 9.17) is 4.74 Å². The van der Waals surface area contributed by atoms with E-state index in [1.54, 1.807) is 0 Å². The first kappa shape index (κ1) is 10.8. The molecule has 0 bridgehead atoms. The highest BCUT2D eigenvalue weighted by Gasteiger charge is 2.10. The topological polar surface area (TPSA) is 9.23 Å². The summed E-state index contributed by atoms with van der Waals surface area (Å²) in [6.45, 7) is 5.97. The normalized spacial score (nSPS) is 12.0. The molecule has 0 heterocycles. The fraction of sp³-hybridized carbons (Fsp3) is 0.333. The second kappa shape index (κ2) is 4.27. The Hall–Kier alpha value is -1.31. The average molecular weight is 194 g/mol. The average Bonchev–Trinajstić information content (AvgIpc) is 2.06. The van der Waals surface area contributed by atoms with Crippen LogP contribution in [0.15, 0.2) is 30.6 Å². The Morgan fingerprint density at radius 3 is 2.14 bits per heavy atom. The van der Waals surface area contributed by atoms with E-state index in [-0.39, 0.29) is 5.60 Å². The van der Waals surface area contributed by atoms with E-state index in [0.717, 1.165) is 11.3 Å². The molecule has 0 amide bonds. The number of halogens is 1. The van der Waals surface area contributed by atoms with Crippen LogP contribution in [0.4, 0.5) is 4.39 Å². The molecule has 14 heavy (non-hydrogen) atoms.